The topological polar surface area (TPSA) is 73.5 Å². The Balaban J connectivity index is 0.00000338. The smallest absolute Gasteiger partial charge is 0.319 e. The molecule has 1 heterocycles. The lowest BCUT2D eigenvalue weighted by atomic mass is 10.0. The van der Waals surface area contributed by atoms with Crippen molar-refractivity contribution in [2.45, 2.75) is 52.1 Å². The zero-order valence-electron chi connectivity index (χ0n) is 15.9. The first-order chi connectivity index (χ1) is 12.0. The van der Waals surface area contributed by atoms with Crippen molar-refractivity contribution in [1.82, 2.24) is 15.5 Å². The van der Waals surface area contributed by atoms with Crippen LogP contribution in [0.5, 0.6) is 0 Å². The molecule has 1 fully saturated rings. The number of urea groups is 1. The van der Waals surface area contributed by atoms with Gasteiger partial charge in [-0.15, -0.1) is 12.4 Å². The van der Waals surface area contributed by atoms with Crippen molar-refractivity contribution >= 4 is 30.0 Å². The number of hydrogen-bond acceptors (Lipinski definition) is 3. The molecule has 2 rings (SSSR count). The third kappa shape index (κ3) is 6.50. The molecule has 1 aliphatic rings. The van der Waals surface area contributed by atoms with Crippen LogP contribution >= 0.6 is 12.4 Å². The fourth-order valence-corrected chi connectivity index (χ4v) is 3.10. The minimum absolute atomic E-state index is 0. The fraction of sp³-hybridized carbons (Fsp3) is 0.579. The van der Waals surface area contributed by atoms with Gasteiger partial charge in [-0.2, -0.15) is 0 Å². The highest BCUT2D eigenvalue weighted by molar-refractivity contribution is 5.95. The Hall–Kier alpha value is -1.79. The molecule has 146 valence electrons. The molecular weight excluding hydrogens is 352 g/mol. The fourth-order valence-electron chi connectivity index (χ4n) is 3.10. The van der Waals surface area contributed by atoms with E-state index < -0.39 is 0 Å². The van der Waals surface area contributed by atoms with Gasteiger partial charge in [-0.25, -0.2) is 4.79 Å². The summed E-state index contributed by atoms with van der Waals surface area (Å²) in [6, 6.07) is 7.28. The zero-order chi connectivity index (χ0) is 18.2. The summed E-state index contributed by atoms with van der Waals surface area (Å²) < 4.78 is 0. The number of rotatable bonds is 6. The second kappa shape index (κ2) is 11.0. The van der Waals surface area contributed by atoms with Crippen LogP contribution in [0.4, 0.5) is 10.5 Å². The Bertz CT molecular complexity index is 571. The first-order valence-electron chi connectivity index (χ1n) is 9.20. The summed E-state index contributed by atoms with van der Waals surface area (Å²) in [4.78, 5) is 26.7. The van der Waals surface area contributed by atoms with Crippen molar-refractivity contribution in [2.24, 2.45) is 0 Å². The molecule has 0 radical (unpaired) electrons. The van der Waals surface area contributed by atoms with Crippen LogP contribution in [0.3, 0.4) is 0 Å². The molecule has 3 N–H and O–H groups in total. The Morgan fingerprint density at radius 2 is 1.81 bits per heavy atom. The van der Waals surface area contributed by atoms with Gasteiger partial charge in [0.1, 0.15) is 0 Å². The average molecular weight is 383 g/mol. The Morgan fingerprint density at radius 3 is 2.35 bits per heavy atom. The number of anilines is 1. The van der Waals surface area contributed by atoms with E-state index in [9.17, 15) is 9.59 Å². The van der Waals surface area contributed by atoms with Gasteiger partial charge in [0.05, 0.1) is 0 Å². The minimum atomic E-state index is -0.239. The van der Waals surface area contributed by atoms with E-state index in [1.165, 1.54) is 0 Å². The number of halogens is 1. The monoisotopic (exact) mass is 382 g/mol. The van der Waals surface area contributed by atoms with Gasteiger partial charge in [-0.1, -0.05) is 6.92 Å². The zero-order valence-corrected chi connectivity index (χ0v) is 16.7. The van der Waals surface area contributed by atoms with Gasteiger partial charge < -0.3 is 20.9 Å². The summed E-state index contributed by atoms with van der Waals surface area (Å²) in [6.07, 6.45) is 2.95. The largest absolute Gasteiger partial charge is 0.336 e. The molecule has 0 saturated carbocycles. The summed E-state index contributed by atoms with van der Waals surface area (Å²) in [5.74, 6) is 0.0759. The van der Waals surface area contributed by atoms with Gasteiger partial charge >= 0.3 is 6.03 Å². The van der Waals surface area contributed by atoms with Crippen LogP contribution in [0.25, 0.3) is 0 Å². The predicted octanol–water partition coefficient (Wildman–Crippen LogP) is 3.24. The van der Waals surface area contributed by atoms with Crippen LogP contribution in [0, 0.1) is 0 Å². The van der Waals surface area contributed by atoms with E-state index in [2.05, 4.69) is 22.9 Å². The van der Waals surface area contributed by atoms with Crippen molar-refractivity contribution < 1.29 is 9.59 Å². The summed E-state index contributed by atoms with van der Waals surface area (Å²) in [5.41, 5.74) is 1.35. The third-order valence-electron chi connectivity index (χ3n) is 4.28. The van der Waals surface area contributed by atoms with Crippen LogP contribution in [0.15, 0.2) is 24.3 Å². The number of carbonyl (C=O) groups excluding carboxylic acids is 2. The number of carbonyl (C=O) groups is 2. The van der Waals surface area contributed by atoms with Gasteiger partial charge in [0.15, 0.2) is 0 Å². The van der Waals surface area contributed by atoms with E-state index >= 15 is 0 Å². The molecule has 0 aromatic heterocycles. The van der Waals surface area contributed by atoms with Crippen molar-refractivity contribution in [3.63, 3.8) is 0 Å². The van der Waals surface area contributed by atoms with Crippen molar-refractivity contribution in [1.29, 1.82) is 0 Å². The van der Waals surface area contributed by atoms with Gasteiger partial charge in [0, 0.05) is 29.9 Å². The van der Waals surface area contributed by atoms with Crippen LogP contribution in [-0.4, -0.2) is 48.6 Å². The molecule has 0 unspecified atom stereocenters. The maximum atomic E-state index is 12.9. The first kappa shape index (κ1) is 22.3. The van der Waals surface area contributed by atoms with E-state index in [-0.39, 0.29) is 30.4 Å². The van der Waals surface area contributed by atoms with Crippen LogP contribution in [-0.2, 0) is 0 Å². The second-order valence-electron chi connectivity index (χ2n) is 6.81. The highest BCUT2D eigenvalue weighted by atomic mass is 35.5. The van der Waals surface area contributed by atoms with E-state index in [0.29, 0.717) is 17.3 Å². The van der Waals surface area contributed by atoms with Gasteiger partial charge in [0.25, 0.3) is 5.91 Å². The van der Waals surface area contributed by atoms with E-state index in [4.69, 9.17) is 0 Å². The van der Waals surface area contributed by atoms with Crippen LogP contribution < -0.4 is 16.0 Å². The van der Waals surface area contributed by atoms with Crippen LogP contribution in [0.1, 0.15) is 50.4 Å². The maximum absolute atomic E-state index is 12.9. The summed E-state index contributed by atoms with van der Waals surface area (Å²) in [6.45, 7) is 8.62. The standard InChI is InChI=1S/C19H30N4O2.ClH/c1-4-13-23(17-9-11-20-12-10-17)18(24)15-5-7-16(8-6-15)22-19(25)21-14(2)3;/h5-8,14,17,20H,4,9-13H2,1-3H3,(H2,21,22,25);1H. The van der Waals surface area contributed by atoms with Crippen molar-refractivity contribution in [3.05, 3.63) is 29.8 Å². The molecule has 7 heteroatoms. The lowest BCUT2D eigenvalue weighted by molar-refractivity contribution is 0.0642. The van der Waals surface area contributed by atoms with Crippen molar-refractivity contribution in [3.8, 4) is 0 Å². The number of nitrogens with one attached hydrogen (secondary N) is 3. The first-order valence-corrected chi connectivity index (χ1v) is 9.20. The lowest BCUT2D eigenvalue weighted by Crippen LogP contribution is -2.46. The average Bonchev–Trinajstić information content (AvgIpc) is 2.60. The minimum Gasteiger partial charge on any atom is -0.336 e. The Kier molecular flexibility index (Phi) is 9.44. The van der Waals surface area contributed by atoms with Gasteiger partial charge in [-0.05, 0) is 70.5 Å². The molecule has 6 nitrogen and oxygen atoms in total. The van der Waals surface area contributed by atoms with E-state index in [0.717, 1.165) is 38.9 Å². The molecule has 3 amide bonds. The van der Waals surface area contributed by atoms with E-state index in [1.54, 1.807) is 24.3 Å². The highest BCUT2D eigenvalue weighted by Crippen LogP contribution is 2.18. The van der Waals surface area contributed by atoms with Crippen LogP contribution in [0.2, 0.25) is 0 Å². The summed E-state index contributed by atoms with van der Waals surface area (Å²) >= 11 is 0. The molecule has 0 bridgehead atoms. The van der Waals surface area contributed by atoms with Crippen molar-refractivity contribution in [2.75, 3.05) is 25.0 Å². The summed E-state index contributed by atoms with van der Waals surface area (Å²) in [5, 5.41) is 8.89. The molecule has 26 heavy (non-hydrogen) atoms. The molecule has 0 atom stereocenters. The molecule has 0 spiro atoms. The number of nitrogens with zero attached hydrogens (tertiary/aromatic N) is 1. The third-order valence-corrected chi connectivity index (χ3v) is 4.28. The lowest BCUT2D eigenvalue weighted by Gasteiger charge is -2.34. The highest BCUT2D eigenvalue weighted by Gasteiger charge is 2.25. The Labute approximate surface area is 162 Å². The molecule has 0 aliphatic carbocycles. The van der Waals surface area contributed by atoms with Gasteiger partial charge in [-0.3, -0.25) is 4.79 Å². The number of hydrogen-bond donors (Lipinski definition) is 3. The normalized spacial score (nSPS) is 14.5. The Morgan fingerprint density at radius 1 is 1.19 bits per heavy atom. The molecule has 1 aromatic carbocycles. The van der Waals surface area contributed by atoms with Gasteiger partial charge in [0.2, 0.25) is 0 Å². The second-order valence-corrected chi connectivity index (χ2v) is 6.81. The summed E-state index contributed by atoms with van der Waals surface area (Å²) in [7, 11) is 0. The number of benzene rings is 1. The quantitative estimate of drug-likeness (QED) is 0.707. The predicted molar refractivity (Wildman–Crippen MR) is 108 cm³/mol. The number of amides is 3. The molecule has 1 aromatic rings. The SMILES string of the molecule is CCCN(C(=O)c1ccc(NC(=O)NC(C)C)cc1)C1CCNCC1.Cl. The molecule has 1 aliphatic heterocycles. The molecular formula is C19H31ClN4O2. The van der Waals surface area contributed by atoms with E-state index in [1.807, 2.05) is 18.7 Å². The number of piperidine rings is 1. The maximum Gasteiger partial charge on any atom is 0.319 e. The molecule has 1 saturated heterocycles.